The topological polar surface area (TPSA) is 93.7 Å². The van der Waals surface area contributed by atoms with Crippen LogP contribution >= 0.6 is 11.5 Å². The first-order chi connectivity index (χ1) is 13.6. The number of hydrogen-bond donors (Lipinski definition) is 1. The molecule has 1 aliphatic heterocycles. The van der Waals surface area contributed by atoms with Gasteiger partial charge in [-0.15, -0.1) is 5.10 Å². The van der Waals surface area contributed by atoms with Gasteiger partial charge in [0.15, 0.2) is 5.69 Å². The first kappa shape index (κ1) is 20.1. The molecule has 2 amide bonds. The van der Waals surface area contributed by atoms with Crippen molar-refractivity contribution in [1.82, 2.24) is 14.5 Å². The van der Waals surface area contributed by atoms with Crippen LogP contribution in [0.2, 0.25) is 0 Å². The van der Waals surface area contributed by atoms with E-state index in [0.717, 1.165) is 25.8 Å². The molecule has 1 saturated heterocycles. The monoisotopic (exact) mass is 404 g/mol. The summed E-state index contributed by atoms with van der Waals surface area (Å²) in [7, 11) is 3.14. The lowest BCUT2D eigenvalue weighted by molar-refractivity contribution is -0.116. The predicted octanol–water partition coefficient (Wildman–Crippen LogP) is 2.83. The third kappa shape index (κ3) is 5.19. The van der Waals surface area contributed by atoms with Gasteiger partial charge in [0.1, 0.15) is 11.5 Å². The predicted molar refractivity (Wildman–Crippen MR) is 106 cm³/mol. The second-order valence-electron chi connectivity index (χ2n) is 6.74. The second kappa shape index (κ2) is 9.50. The zero-order chi connectivity index (χ0) is 19.9. The van der Waals surface area contributed by atoms with Crippen molar-refractivity contribution in [2.45, 2.75) is 25.7 Å². The van der Waals surface area contributed by atoms with Crippen LogP contribution in [0, 0.1) is 5.92 Å². The lowest BCUT2D eigenvalue weighted by Gasteiger charge is -2.32. The molecule has 8 nitrogen and oxygen atoms in total. The molecule has 1 aliphatic rings. The zero-order valence-electron chi connectivity index (χ0n) is 16.0. The molecule has 2 aromatic rings. The van der Waals surface area contributed by atoms with Crippen molar-refractivity contribution in [3.8, 4) is 11.5 Å². The fourth-order valence-corrected chi connectivity index (χ4v) is 3.77. The van der Waals surface area contributed by atoms with Crippen LogP contribution in [-0.2, 0) is 4.79 Å². The van der Waals surface area contributed by atoms with Crippen LogP contribution in [0.15, 0.2) is 23.6 Å². The molecule has 28 heavy (non-hydrogen) atoms. The van der Waals surface area contributed by atoms with Crippen LogP contribution in [0.4, 0.5) is 5.69 Å². The zero-order valence-corrected chi connectivity index (χ0v) is 16.8. The summed E-state index contributed by atoms with van der Waals surface area (Å²) in [5.74, 6) is 1.39. The van der Waals surface area contributed by atoms with E-state index in [4.69, 9.17) is 9.47 Å². The first-order valence-corrected chi connectivity index (χ1v) is 10.0. The van der Waals surface area contributed by atoms with Crippen LogP contribution in [-0.4, -0.2) is 53.6 Å². The van der Waals surface area contributed by atoms with Crippen molar-refractivity contribution in [1.29, 1.82) is 0 Å². The second-order valence-corrected chi connectivity index (χ2v) is 7.35. The van der Waals surface area contributed by atoms with E-state index < -0.39 is 0 Å². The summed E-state index contributed by atoms with van der Waals surface area (Å²) in [6.45, 7) is 1.37. The van der Waals surface area contributed by atoms with E-state index in [1.807, 2.05) is 4.90 Å². The average molecular weight is 404 g/mol. The Hall–Kier alpha value is -2.68. The van der Waals surface area contributed by atoms with Gasteiger partial charge in [-0.3, -0.25) is 9.59 Å². The van der Waals surface area contributed by atoms with Gasteiger partial charge in [0.05, 0.1) is 14.2 Å². The molecule has 0 unspecified atom stereocenters. The van der Waals surface area contributed by atoms with Crippen molar-refractivity contribution in [3.63, 3.8) is 0 Å². The standard InChI is InChI=1S/C19H24N4O4S/c1-26-15-8-14(9-16(10-15)27-2)20-18(24)6-5-13-4-3-7-23(11-13)19(25)17-12-28-22-21-17/h8-10,12-13H,3-7,11H2,1-2H3,(H,20,24)/t13-/m1/s1. The van der Waals surface area contributed by atoms with Crippen molar-refractivity contribution in [3.05, 3.63) is 29.3 Å². The number of rotatable bonds is 7. The largest absolute Gasteiger partial charge is 0.497 e. The van der Waals surface area contributed by atoms with Crippen LogP contribution in [0.5, 0.6) is 11.5 Å². The molecule has 9 heteroatoms. The summed E-state index contributed by atoms with van der Waals surface area (Å²) in [5.41, 5.74) is 1.04. The van der Waals surface area contributed by atoms with Gasteiger partial charge < -0.3 is 19.7 Å². The number of nitrogens with zero attached hydrogens (tertiary/aromatic N) is 3. The molecule has 2 heterocycles. The highest BCUT2D eigenvalue weighted by Crippen LogP contribution is 2.27. The van der Waals surface area contributed by atoms with E-state index in [9.17, 15) is 9.59 Å². The Morgan fingerprint density at radius 3 is 2.64 bits per heavy atom. The van der Waals surface area contributed by atoms with E-state index in [-0.39, 0.29) is 11.8 Å². The number of benzene rings is 1. The van der Waals surface area contributed by atoms with Gasteiger partial charge in [-0.2, -0.15) is 0 Å². The molecule has 1 N–H and O–H groups in total. The Bertz CT molecular complexity index is 790. The van der Waals surface area contributed by atoms with Gasteiger partial charge in [-0.05, 0) is 36.7 Å². The summed E-state index contributed by atoms with van der Waals surface area (Å²) in [5, 5.41) is 8.42. The third-order valence-electron chi connectivity index (χ3n) is 4.80. The number of carbonyl (C=O) groups is 2. The molecule has 1 atom stereocenters. The van der Waals surface area contributed by atoms with Crippen molar-refractivity contribution < 1.29 is 19.1 Å². The van der Waals surface area contributed by atoms with E-state index in [2.05, 4.69) is 14.9 Å². The highest BCUT2D eigenvalue weighted by molar-refractivity contribution is 7.03. The Morgan fingerprint density at radius 2 is 2.00 bits per heavy atom. The maximum absolute atomic E-state index is 12.4. The molecule has 1 aromatic heterocycles. The van der Waals surface area contributed by atoms with Gasteiger partial charge in [0, 0.05) is 48.8 Å². The lowest BCUT2D eigenvalue weighted by Crippen LogP contribution is -2.40. The molecule has 0 bridgehead atoms. The van der Waals surface area contributed by atoms with Gasteiger partial charge in [-0.25, -0.2) is 0 Å². The summed E-state index contributed by atoms with van der Waals surface area (Å²) in [6.07, 6.45) is 3.07. The number of carbonyl (C=O) groups excluding carboxylic acids is 2. The molecule has 0 radical (unpaired) electrons. The summed E-state index contributed by atoms with van der Waals surface area (Å²) < 4.78 is 14.2. The molecular weight excluding hydrogens is 380 g/mol. The minimum atomic E-state index is -0.0774. The number of amides is 2. The number of hydrogen-bond acceptors (Lipinski definition) is 7. The highest BCUT2D eigenvalue weighted by atomic mass is 32.1. The van der Waals surface area contributed by atoms with E-state index in [1.54, 1.807) is 37.8 Å². The number of anilines is 1. The Balaban J connectivity index is 1.51. The van der Waals surface area contributed by atoms with Crippen LogP contribution < -0.4 is 14.8 Å². The summed E-state index contributed by atoms with van der Waals surface area (Å²) >= 11 is 1.17. The number of ether oxygens (including phenoxy) is 2. The molecule has 3 rings (SSSR count). The van der Waals surface area contributed by atoms with Crippen LogP contribution in [0.3, 0.4) is 0 Å². The Kier molecular flexibility index (Phi) is 6.80. The van der Waals surface area contributed by atoms with E-state index in [1.165, 1.54) is 11.5 Å². The van der Waals surface area contributed by atoms with E-state index >= 15 is 0 Å². The van der Waals surface area contributed by atoms with Crippen molar-refractivity contribution in [2.24, 2.45) is 5.92 Å². The molecule has 0 aliphatic carbocycles. The number of piperidine rings is 1. The van der Waals surface area contributed by atoms with Crippen molar-refractivity contribution >= 4 is 29.0 Å². The fourth-order valence-electron chi connectivity index (χ4n) is 3.34. The van der Waals surface area contributed by atoms with Crippen LogP contribution in [0.1, 0.15) is 36.2 Å². The summed E-state index contributed by atoms with van der Waals surface area (Å²) in [4.78, 5) is 26.6. The molecule has 1 fully saturated rings. The van der Waals surface area contributed by atoms with E-state index in [0.29, 0.717) is 41.8 Å². The maximum Gasteiger partial charge on any atom is 0.275 e. The quantitative estimate of drug-likeness (QED) is 0.763. The minimum absolute atomic E-state index is 0.0672. The smallest absolute Gasteiger partial charge is 0.275 e. The minimum Gasteiger partial charge on any atom is -0.497 e. The lowest BCUT2D eigenvalue weighted by atomic mass is 9.93. The van der Waals surface area contributed by atoms with Gasteiger partial charge in [-0.1, -0.05) is 4.49 Å². The van der Waals surface area contributed by atoms with Gasteiger partial charge in [0.25, 0.3) is 5.91 Å². The number of nitrogens with one attached hydrogen (secondary N) is 1. The number of likely N-dealkylation sites (tertiary alicyclic amines) is 1. The SMILES string of the molecule is COc1cc(NC(=O)CC[C@H]2CCCN(C(=O)c3csnn3)C2)cc(OC)c1. The average Bonchev–Trinajstić information content (AvgIpc) is 3.26. The van der Waals surface area contributed by atoms with Gasteiger partial charge >= 0.3 is 0 Å². The van der Waals surface area contributed by atoms with Crippen molar-refractivity contribution in [2.75, 3.05) is 32.6 Å². The normalized spacial score (nSPS) is 16.5. The molecule has 0 saturated carbocycles. The number of methoxy groups -OCH3 is 2. The Morgan fingerprint density at radius 1 is 1.25 bits per heavy atom. The molecule has 150 valence electrons. The maximum atomic E-state index is 12.4. The first-order valence-electron chi connectivity index (χ1n) is 9.18. The highest BCUT2D eigenvalue weighted by Gasteiger charge is 2.26. The number of aromatic nitrogens is 2. The third-order valence-corrected chi connectivity index (χ3v) is 5.30. The van der Waals surface area contributed by atoms with Crippen LogP contribution in [0.25, 0.3) is 0 Å². The molecule has 1 aromatic carbocycles. The molecule has 0 spiro atoms. The molecular formula is C19H24N4O4S. The van der Waals surface area contributed by atoms with Gasteiger partial charge in [0.2, 0.25) is 5.91 Å². The fraction of sp³-hybridized carbons (Fsp3) is 0.474. The Labute approximate surface area is 168 Å². The summed E-state index contributed by atoms with van der Waals surface area (Å²) in [6, 6.07) is 5.26.